The number of rotatable bonds is 4. The molecule has 6 heterocycles. The van der Waals surface area contributed by atoms with E-state index in [-0.39, 0.29) is 46.8 Å². The maximum Gasteiger partial charge on any atom is 0.353 e. The second kappa shape index (κ2) is 15.3. The summed E-state index contributed by atoms with van der Waals surface area (Å²) < 4.78 is 7.98. The van der Waals surface area contributed by atoms with Crippen LogP contribution in [0.2, 0.25) is 0 Å². The number of benzene rings is 4. The molecule has 2 saturated carbocycles. The van der Waals surface area contributed by atoms with Gasteiger partial charge in [0.25, 0.3) is 0 Å². The van der Waals surface area contributed by atoms with Crippen LogP contribution in [0.5, 0.6) is 0 Å². The number of ketones is 4. The molecule has 372 valence electrons. The number of nitrogens with zero attached hydrogens (tertiary/aromatic N) is 6. The average Bonchev–Trinajstić information content (AvgIpc) is 3.87. The van der Waals surface area contributed by atoms with Crippen molar-refractivity contribution in [2.45, 2.75) is 100 Å². The molecule has 4 spiro atoms. The van der Waals surface area contributed by atoms with E-state index < -0.39 is 55.7 Å². The lowest BCUT2D eigenvalue weighted by atomic mass is 9.44. The van der Waals surface area contributed by atoms with Gasteiger partial charge in [0.1, 0.15) is 0 Å². The zero-order valence-electron chi connectivity index (χ0n) is 41.5. The second-order valence-corrected chi connectivity index (χ2v) is 22.2. The fraction of sp³-hybridized carbons (Fsp3) is 0.333. The Balaban J connectivity index is 0.000000143. The van der Waals surface area contributed by atoms with E-state index in [0.29, 0.717) is 48.2 Å². The van der Waals surface area contributed by atoms with Crippen LogP contribution in [0.1, 0.15) is 89.2 Å². The van der Waals surface area contributed by atoms with Crippen molar-refractivity contribution in [2.75, 3.05) is 0 Å². The standard InChI is InChI=1S/2C30H27N3O4/c2*1-19-17-24(34)30-16-15-29(32-26(36)31(27(37)33(30)32)22-11-7-4-8-12-22)14-13-21(20-9-5-3-6-10-20)18-23(29)28(30,2)25(19)35/h2*3-12,15-17,21,23H,13-14,18H2,1-2H3/t2*21-,23+,28+,29-,30-/m11/s1. The molecule has 10 atom stereocenters. The van der Waals surface area contributed by atoms with Gasteiger partial charge in [-0.15, -0.1) is 0 Å². The highest BCUT2D eigenvalue weighted by molar-refractivity contribution is 6.17. The van der Waals surface area contributed by atoms with Crippen molar-refractivity contribution in [2.24, 2.45) is 22.7 Å². The van der Waals surface area contributed by atoms with E-state index in [1.54, 1.807) is 74.5 Å². The summed E-state index contributed by atoms with van der Waals surface area (Å²) in [6.45, 7) is 7.06. The molecule has 2 fully saturated rings. The zero-order chi connectivity index (χ0) is 51.5. The number of para-hydroxylation sites is 2. The SMILES string of the molecule is CC1=CC(=O)[C@]23C=C[C@@]4(CC[C@@H](c5ccccc5)C[C@H]4[C@@]2(C)C1=O)n1c(=O)n(-c2ccccc2)c(=O)n13.CC1=CC(=O)[C@]23C=C[C@@]4(CC[C@@H](c5ccccc5)C[C@H]4[C@@]2(C)C1=O)n1c(=O)n(-c2ccccc2)c(=O)n13. The number of Topliss-reactive ketones (excluding diaryl/α,β-unsaturated/α-hetero) is 2. The van der Waals surface area contributed by atoms with Gasteiger partial charge in [-0.2, -0.15) is 0 Å². The van der Waals surface area contributed by atoms with E-state index in [1.807, 2.05) is 74.5 Å². The van der Waals surface area contributed by atoms with Crippen molar-refractivity contribution >= 4 is 23.1 Å². The summed E-state index contributed by atoms with van der Waals surface area (Å²) in [5.74, 6) is -1.24. The Labute approximate surface area is 424 Å². The summed E-state index contributed by atoms with van der Waals surface area (Å²) >= 11 is 0. The predicted octanol–water partition coefficient (Wildman–Crippen LogP) is 6.93. The molecule has 10 aliphatic rings. The van der Waals surface area contributed by atoms with E-state index in [1.165, 1.54) is 42.0 Å². The minimum atomic E-state index is -1.59. The monoisotopic (exact) mass is 986 g/mol. The van der Waals surface area contributed by atoms with Gasteiger partial charge in [-0.25, -0.2) is 47.0 Å². The van der Waals surface area contributed by atoms with Gasteiger partial charge in [-0.1, -0.05) is 109 Å². The van der Waals surface area contributed by atoms with Crippen LogP contribution in [0, 0.1) is 22.7 Å². The van der Waals surface area contributed by atoms with Crippen molar-refractivity contribution in [3.63, 3.8) is 0 Å². The lowest BCUT2D eigenvalue weighted by Crippen LogP contribution is -2.77. The van der Waals surface area contributed by atoms with Gasteiger partial charge in [0.15, 0.2) is 34.2 Å². The number of hydrogen-bond donors (Lipinski definition) is 0. The topological polar surface area (TPSA) is 166 Å². The van der Waals surface area contributed by atoms with Crippen LogP contribution < -0.4 is 22.8 Å². The molecular formula is C60H54N6O8. The van der Waals surface area contributed by atoms with Crippen LogP contribution in [-0.2, 0) is 41.3 Å². The fourth-order valence-electron chi connectivity index (χ4n) is 15.9. The van der Waals surface area contributed by atoms with Crippen molar-refractivity contribution in [3.05, 3.63) is 222 Å². The van der Waals surface area contributed by atoms with E-state index >= 15 is 0 Å². The molecule has 0 unspecified atom stereocenters. The first-order chi connectivity index (χ1) is 35.5. The number of carbonyl (C=O) groups is 4. The Morgan fingerprint density at radius 3 is 1.09 bits per heavy atom. The first kappa shape index (κ1) is 45.8. The summed E-state index contributed by atoms with van der Waals surface area (Å²) in [7, 11) is 0. The third-order valence-corrected chi connectivity index (χ3v) is 19.3. The largest absolute Gasteiger partial charge is 0.353 e. The highest BCUT2D eigenvalue weighted by Crippen LogP contribution is 2.68. The summed E-state index contributed by atoms with van der Waals surface area (Å²) in [6.07, 6.45) is 14.2. The normalized spacial score (nSPS) is 33.5. The number of aromatic nitrogens is 6. The molecule has 6 aromatic rings. The number of hydrogen-bond acceptors (Lipinski definition) is 8. The number of allylic oxidation sites excluding steroid dienone is 8. The summed E-state index contributed by atoms with van der Waals surface area (Å²) in [5.41, 5.74) is -5.43. The lowest BCUT2D eigenvalue weighted by molar-refractivity contribution is -0.168. The predicted molar refractivity (Wildman–Crippen MR) is 276 cm³/mol. The summed E-state index contributed by atoms with van der Waals surface area (Å²) in [6, 6.07) is 38.0. The highest BCUT2D eigenvalue weighted by Gasteiger charge is 2.77. The molecule has 0 amide bonds. The second-order valence-electron chi connectivity index (χ2n) is 22.2. The molecule has 0 saturated heterocycles. The molecule has 14 heteroatoms. The van der Waals surface area contributed by atoms with Gasteiger partial charge in [0.05, 0.1) is 33.3 Å². The summed E-state index contributed by atoms with van der Waals surface area (Å²) in [5, 5.41) is 0. The van der Waals surface area contributed by atoms with Crippen LogP contribution in [0.4, 0.5) is 0 Å². The minimum Gasteiger partial charge on any atom is -0.294 e. The summed E-state index contributed by atoms with van der Waals surface area (Å²) in [4.78, 5) is 113. The maximum absolute atomic E-state index is 14.1. The molecule has 0 radical (unpaired) electrons. The molecule has 74 heavy (non-hydrogen) atoms. The molecule has 0 N–H and O–H groups in total. The van der Waals surface area contributed by atoms with E-state index in [4.69, 9.17) is 0 Å². The Morgan fingerprint density at radius 1 is 0.419 bits per heavy atom. The Bertz CT molecular complexity index is 3600. The van der Waals surface area contributed by atoms with Gasteiger partial charge >= 0.3 is 22.8 Å². The molecule has 4 bridgehead atoms. The van der Waals surface area contributed by atoms with Crippen molar-refractivity contribution in [1.29, 1.82) is 0 Å². The van der Waals surface area contributed by atoms with Crippen LogP contribution in [0.15, 0.2) is 188 Å². The molecule has 2 aromatic heterocycles. The van der Waals surface area contributed by atoms with Gasteiger partial charge in [0, 0.05) is 11.8 Å². The van der Waals surface area contributed by atoms with Gasteiger partial charge in [-0.05, 0) is 149 Å². The highest BCUT2D eigenvalue weighted by atomic mass is 16.2. The van der Waals surface area contributed by atoms with Gasteiger partial charge < -0.3 is 0 Å². The quantitative estimate of drug-likeness (QED) is 0.172. The third kappa shape index (κ3) is 5.25. The first-order valence-corrected chi connectivity index (χ1v) is 25.7. The number of carbonyl (C=O) groups excluding carboxylic acids is 4. The minimum absolute atomic E-state index is 0.127. The van der Waals surface area contributed by atoms with E-state index in [0.717, 1.165) is 22.0 Å². The first-order valence-electron chi connectivity index (χ1n) is 25.7. The van der Waals surface area contributed by atoms with Crippen LogP contribution >= 0.6 is 0 Å². The molecule has 4 aromatic carbocycles. The molecule has 4 aliphatic heterocycles. The van der Waals surface area contributed by atoms with E-state index in [9.17, 15) is 38.4 Å². The van der Waals surface area contributed by atoms with Crippen molar-refractivity contribution in [1.82, 2.24) is 27.9 Å². The van der Waals surface area contributed by atoms with Gasteiger partial charge in [-0.3, -0.25) is 19.2 Å². The molecular weight excluding hydrogens is 933 g/mol. The fourth-order valence-corrected chi connectivity index (χ4v) is 15.9. The zero-order valence-corrected chi connectivity index (χ0v) is 41.5. The van der Waals surface area contributed by atoms with E-state index in [2.05, 4.69) is 24.3 Å². The Hall–Kier alpha value is -8.00. The maximum atomic E-state index is 14.1. The third-order valence-electron chi connectivity index (χ3n) is 19.3. The van der Waals surface area contributed by atoms with Crippen LogP contribution in [-0.4, -0.2) is 51.0 Å². The van der Waals surface area contributed by atoms with Crippen molar-refractivity contribution in [3.8, 4) is 11.4 Å². The smallest absolute Gasteiger partial charge is 0.294 e. The Morgan fingerprint density at radius 2 is 0.743 bits per heavy atom. The van der Waals surface area contributed by atoms with Crippen molar-refractivity contribution < 1.29 is 19.2 Å². The lowest BCUT2D eigenvalue weighted by Gasteiger charge is -2.65. The van der Waals surface area contributed by atoms with Crippen LogP contribution in [0.25, 0.3) is 11.4 Å². The average molecular weight is 987 g/mol. The van der Waals surface area contributed by atoms with Gasteiger partial charge in [0.2, 0.25) is 0 Å². The molecule has 16 rings (SSSR count). The Kier molecular flexibility index (Phi) is 9.46. The molecule has 14 nitrogen and oxygen atoms in total. The van der Waals surface area contributed by atoms with Crippen LogP contribution in [0.3, 0.4) is 0 Å². The molecule has 6 aliphatic carbocycles.